The third-order valence-electron chi connectivity index (χ3n) is 0.517. The Bertz CT molecular complexity index is 139. The van der Waals surface area contributed by atoms with Gasteiger partial charge >= 0.3 is 5.97 Å². The first kappa shape index (κ1) is 6.77. The number of esters is 1. The monoisotopic (exact) mass is 110 g/mol. The number of methoxy groups -OCH3 is 1. The predicted molar refractivity (Wildman–Crippen MR) is 30.0 cm³/mol. The zero-order valence-corrected chi connectivity index (χ0v) is 4.55. The van der Waals surface area contributed by atoms with Crippen LogP contribution in [0.25, 0.3) is 0 Å². The normalized spacial score (nSPS) is 8.50. The Morgan fingerprint density at radius 2 is 2.50 bits per heavy atom. The number of hydrogen-bond donors (Lipinski definition) is 0. The summed E-state index contributed by atoms with van der Waals surface area (Å²) in [7, 11) is 1.29. The molecule has 0 unspecified atom stereocenters. The molecule has 0 rings (SSSR count). The summed E-state index contributed by atoms with van der Waals surface area (Å²) in [6.07, 6.45) is 7.25. The summed E-state index contributed by atoms with van der Waals surface area (Å²) in [4.78, 5) is 10.2. The van der Waals surface area contributed by atoms with Crippen LogP contribution in [0.2, 0.25) is 0 Å². The molecule has 0 aromatic carbocycles. The molecule has 0 heterocycles. The summed E-state index contributed by atoms with van der Waals surface area (Å²) in [6, 6.07) is 0. The van der Waals surface area contributed by atoms with E-state index in [1.54, 1.807) is 0 Å². The highest BCUT2D eigenvalue weighted by Gasteiger charge is 1.85. The third-order valence-corrected chi connectivity index (χ3v) is 0.517. The van der Waals surface area contributed by atoms with E-state index in [1.165, 1.54) is 19.3 Å². The summed E-state index contributed by atoms with van der Waals surface area (Å²) in [6.45, 7) is 0. The second-order valence-corrected chi connectivity index (χ2v) is 1.02. The molecular formula is C6H6O2. The Labute approximate surface area is 48.1 Å². The lowest BCUT2D eigenvalue weighted by Crippen LogP contribution is -1.92. The lowest BCUT2D eigenvalue weighted by atomic mass is 10.5. The quantitative estimate of drug-likeness (QED) is 0.276. The summed E-state index contributed by atoms with van der Waals surface area (Å²) < 4.78 is 4.23. The van der Waals surface area contributed by atoms with Crippen LogP contribution >= 0.6 is 0 Å². The minimum absolute atomic E-state index is 0.428. The minimum atomic E-state index is -0.428. The Kier molecular flexibility index (Phi) is 3.34. The molecule has 0 amide bonds. The second kappa shape index (κ2) is 3.94. The van der Waals surface area contributed by atoms with Gasteiger partial charge in [-0.15, -0.1) is 6.42 Å². The van der Waals surface area contributed by atoms with Crippen LogP contribution in [0.4, 0.5) is 0 Å². The van der Waals surface area contributed by atoms with Crippen LogP contribution in [0.3, 0.4) is 0 Å². The number of allylic oxidation sites excluding steroid dienone is 1. The first-order valence-corrected chi connectivity index (χ1v) is 2.02. The number of carbonyl (C=O) groups is 1. The molecule has 0 saturated heterocycles. The minimum Gasteiger partial charge on any atom is -0.466 e. The van der Waals surface area contributed by atoms with Gasteiger partial charge in [0, 0.05) is 6.08 Å². The smallest absolute Gasteiger partial charge is 0.331 e. The SMILES string of the molecule is C#C/C=C\C(=O)OC. The Balaban J connectivity index is 3.57. The van der Waals surface area contributed by atoms with Crippen LogP contribution in [-0.2, 0) is 9.53 Å². The van der Waals surface area contributed by atoms with E-state index in [-0.39, 0.29) is 0 Å². The van der Waals surface area contributed by atoms with Crippen LogP contribution in [0, 0.1) is 12.3 Å². The molecule has 0 aliphatic carbocycles. The maximum atomic E-state index is 10.2. The second-order valence-electron chi connectivity index (χ2n) is 1.02. The fourth-order valence-corrected chi connectivity index (χ4v) is 0.184. The van der Waals surface area contributed by atoms with E-state index in [4.69, 9.17) is 6.42 Å². The maximum Gasteiger partial charge on any atom is 0.331 e. The topological polar surface area (TPSA) is 26.3 Å². The van der Waals surface area contributed by atoms with E-state index in [2.05, 4.69) is 10.7 Å². The summed E-state index contributed by atoms with van der Waals surface area (Å²) >= 11 is 0. The highest BCUT2D eigenvalue weighted by molar-refractivity contribution is 5.82. The molecule has 0 radical (unpaired) electrons. The van der Waals surface area contributed by atoms with Gasteiger partial charge in [0.15, 0.2) is 0 Å². The first-order chi connectivity index (χ1) is 3.81. The van der Waals surface area contributed by atoms with Crippen molar-refractivity contribution >= 4 is 5.97 Å². The van der Waals surface area contributed by atoms with Crippen molar-refractivity contribution in [2.45, 2.75) is 0 Å². The van der Waals surface area contributed by atoms with Gasteiger partial charge in [-0.05, 0) is 6.08 Å². The highest BCUT2D eigenvalue weighted by Crippen LogP contribution is 1.74. The molecule has 0 aromatic rings. The van der Waals surface area contributed by atoms with Gasteiger partial charge in [0.2, 0.25) is 0 Å². The van der Waals surface area contributed by atoms with Gasteiger partial charge < -0.3 is 4.74 Å². The molecule has 0 aliphatic rings. The van der Waals surface area contributed by atoms with Gasteiger partial charge in [0.25, 0.3) is 0 Å². The van der Waals surface area contributed by atoms with Crippen molar-refractivity contribution in [2.75, 3.05) is 7.11 Å². The molecule has 0 fully saturated rings. The van der Waals surface area contributed by atoms with Crippen molar-refractivity contribution in [1.82, 2.24) is 0 Å². The lowest BCUT2D eigenvalue weighted by molar-refractivity contribution is -0.134. The predicted octanol–water partition coefficient (Wildman–Crippen LogP) is 0.349. The molecule has 0 aliphatic heterocycles. The molecule has 0 saturated carbocycles. The van der Waals surface area contributed by atoms with Crippen molar-refractivity contribution in [2.24, 2.45) is 0 Å². The maximum absolute atomic E-state index is 10.2. The summed E-state index contributed by atoms with van der Waals surface area (Å²) in [5.41, 5.74) is 0. The molecule has 0 atom stereocenters. The fourth-order valence-electron chi connectivity index (χ4n) is 0.184. The van der Waals surface area contributed by atoms with Gasteiger partial charge in [-0.2, -0.15) is 0 Å². The van der Waals surface area contributed by atoms with Crippen molar-refractivity contribution in [1.29, 1.82) is 0 Å². The fraction of sp³-hybridized carbons (Fsp3) is 0.167. The standard InChI is InChI=1S/C6H6O2/c1-3-4-5-6(7)8-2/h1,4-5H,2H3/b5-4-. The van der Waals surface area contributed by atoms with E-state index in [0.717, 1.165) is 0 Å². The summed E-state index contributed by atoms with van der Waals surface area (Å²) in [5, 5.41) is 0. The number of hydrogen-bond acceptors (Lipinski definition) is 2. The molecule has 42 valence electrons. The molecule has 0 spiro atoms. The average Bonchev–Trinajstić information content (AvgIpc) is 1.83. The summed E-state index contributed by atoms with van der Waals surface area (Å²) in [5.74, 6) is 1.72. The Morgan fingerprint density at radius 1 is 1.88 bits per heavy atom. The first-order valence-electron chi connectivity index (χ1n) is 2.02. The number of ether oxygens (including phenoxy) is 1. The third kappa shape index (κ3) is 2.98. The van der Waals surface area contributed by atoms with E-state index in [1.807, 2.05) is 0 Å². The zero-order valence-electron chi connectivity index (χ0n) is 4.55. The van der Waals surface area contributed by atoms with E-state index in [0.29, 0.717) is 0 Å². The van der Waals surface area contributed by atoms with Crippen LogP contribution in [0.15, 0.2) is 12.2 Å². The Hall–Kier alpha value is -1.23. The van der Waals surface area contributed by atoms with Crippen LogP contribution < -0.4 is 0 Å². The largest absolute Gasteiger partial charge is 0.466 e. The average molecular weight is 110 g/mol. The molecule has 2 nitrogen and oxygen atoms in total. The van der Waals surface area contributed by atoms with Gasteiger partial charge in [-0.1, -0.05) is 5.92 Å². The number of terminal acetylenes is 1. The molecule has 0 bridgehead atoms. The van der Waals surface area contributed by atoms with E-state index >= 15 is 0 Å². The molecule has 8 heavy (non-hydrogen) atoms. The highest BCUT2D eigenvalue weighted by atomic mass is 16.5. The van der Waals surface area contributed by atoms with Crippen molar-refractivity contribution in [3.63, 3.8) is 0 Å². The van der Waals surface area contributed by atoms with Crippen LogP contribution in [0.5, 0.6) is 0 Å². The van der Waals surface area contributed by atoms with Gasteiger partial charge in [-0.3, -0.25) is 0 Å². The van der Waals surface area contributed by atoms with E-state index < -0.39 is 5.97 Å². The lowest BCUT2D eigenvalue weighted by Gasteiger charge is -1.84. The van der Waals surface area contributed by atoms with E-state index in [9.17, 15) is 4.79 Å². The van der Waals surface area contributed by atoms with Gasteiger partial charge in [-0.25, -0.2) is 4.79 Å². The van der Waals surface area contributed by atoms with Gasteiger partial charge in [0.1, 0.15) is 0 Å². The number of carbonyl (C=O) groups excluding carboxylic acids is 1. The molecule has 2 heteroatoms. The van der Waals surface area contributed by atoms with Crippen LogP contribution in [-0.4, -0.2) is 13.1 Å². The number of rotatable bonds is 1. The Morgan fingerprint density at radius 3 is 2.88 bits per heavy atom. The van der Waals surface area contributed by atoms with Gasteiger partial charge in [0.05, 0.1) is 7.11 Å². The molecular weight excluding hydrogens is 104 g/mol. The van der Waals surface area contributed by atoms with Crippen molar-refractivity contribution < 1.29 is 9.53 Å². The van der Waals surface area contributed by atoms with Crippen LogP contribution in [0.1, 0.15) is 0 Å². The van der Waals surface area contributed by atoms with Crippen molar-refractivity contribution in [3.05, 3.63) is 12.2 Å². The van der Waals surface area contributed by atoms with Crippen molar-refractivity contribution in [3.8, 4) is 12.3 Å². The molecule has 0 N–H and O–H groups in total. The molecule has 0 aromatic heterocycles. The zero-order chi connectivity index (χ0) is 6.41.